The summed E-state index contributed by atoms with van der Waals surface area (Å²) < 4.78 is 0. The van der Waals surface area contributed by atoms with Gasteiger partial charge in [0.1, 0.15) is 11.3 Å². The van der Waals surface area contributed by atoms with Crippen LogP contribution in [0.25, 0.3) is 11.2 Å². The van der Waals surface area contributed by atoms with Crippen molar-refractivity contribution >= 4 is 17.0 Å². The molecular weight excluding hydrogens is 226 g/mol. The van der Waals surface area contributed by atoms with Crippen LogP contribution in [0.3, 0.4) is 0 Å². The number of fused-ring (bicyclic) bond motifs is 1. The summed E-state index contributed by atoms with van der Waals surface area (Å²) in [6, 6.07) is 4.71. The SMILES string of the molecule is CN(CCNc1ccc2nccnc2n1)C1CC1. The van der Waals surface area contributed by atoms with Crippen LogP contribution < -0.4 is 5.32 Å². The van der Waals surface area contributed by atoms with E-state index in [-0.39, 0.29) is 0 Å². The summed E-state index contributed by atoms with van der Waals surface area (Å²) in [5.41, 5.74) is 1.52. The maximum absolute atomic E-state index is 4.43. The molecule has 0 atom stereocenters. The highest BCUT2D eigenvalue weighted by Gasteiger charge is 2.25. The Labute approximate surface area is 106 Å². The van der Waals surface area contributed by atoms with E-state index < -0.39 is 0 Å². The molecule has 3 rings (SSSR count). The molecule has 1 fully saturated rings. The molecule has 0 unspecified atom stereocenters. The van der Waals surface area contributed by atoms with Gasteiger partial charge in [0.05, 0.1) is 0 Å². The van der Waals surface area contributed by atoms with Crippen LogP contribution in [0.1, 0.15) is 12.8 Å². The van der Waals surface area contributed by atoms with Crippen molar-refractivity contribution in [1.29, 1.82) is 0 Å². The first kappa shape index (κ1) is 11.3. The van der Waals surface area contributed by atoms with Crippen molar-refractivity contribution < 1.29 is 0 Å². The first-order valence-electron chi connectivity index (χ1n) is 6.35. The third kappa shape index (κ3) is 2.56. The number of hydrogen-bond acceptors (Lipinski definition) is 5. The molecule has 5 heteroatoms. The third-order valence-corrected chi connectivity index (χ3v) is 3.27. The lowest BCUT2D eigenvalue weighted by molar-refractivity contribution is 0.337. The molecule has 2 aromatic heterocycles. The van der Waals surface area contributed by atoms with Crippen molar-refractivity contribution in [2.45, 2.75) is 18.9 Å². The molecule has 2 aromatic rings. The molecule has 2 heterocycles. The summed E-state index contributed by atoms with van der Waals surface area (Å²) in [5.74, 6) is 0.868. The topological polar surface area (TPSA) is 53.9 Å². The lowest BCUT2D eigenvalue weighted by Gasteiger charge is -2.15. The third-order valence-electron chi connectivity index (χ3n) is 3.27. The van der Waals surface area contributed by atoms with Gasteiger partial charge < -0.3 is 10.2 Å². The fourth-order valence-electron chi connectivity index (χ4n) is 2.01. The normalized spacial score (nSPS) is 15.2. The zero-order valence-electron chi connectivity index (χ0n) is 10.5. The minimum absolute atomic E-state index is 0.693. The Kier molecular flexibility index (Phi) is 3.06. The van der Waals surface area contributed by atoms with Crippen molar-refractivity contribution in [3.63, 3.8) is 0 Å². The highest BCUT2D eigenvalue weighted by atomic mass is 15.2. The molecule has 1 saturated carbocycles. The van der Waals surface area contributed by atoms with E-state index in [2.05, 4.69) is 32.2 Å². The summed E-state index contributed by atoms with van der Waals surface area (Å²) in [4.78, 5) is 15.2. The largest absolute Gasteiger partial charge is 0.369 e. The zero-order chi connectivity index (χ0) is 12.4. The van der Waals surface area contributed by atoms with Crippen LogP contribution in [0.5, 0.6) is 0 Å². The van der Waals surface area contributed by atoms with E-state index in [0.717, 1.165) is 30.5 Å². The molecule has 18 heavy (non-hydrogen) atoms. The molecule has 1 aliphatic rings. The number of nitrogens with zero attached hydrogens (tertiary/aromatic N) is 4. The van der Waals surface area contributed by atoms with Crippen molar-refractivity contribution in [2.75, 3.05) is 25.5 Å². The maximum atomic E-state index is 4.43. The number of pyridine rings is 1. The standard InChI is InChI=1S/C13H17N5/c1-18(10-2-3-10)9-8-15-12-5-4-11-13(17-12)16-7-6-14-11/h4-7,10H,2-3,8-9H2,1H3,(H,15,16,17). The maximum Gasteiger partial charge on any atom is 0.180 e. The van der Waals surface area contributed by atoms with Gasteiger partial charge in [-0.3, -0.25) is 4.98 Å². The van der Waals surface area contributed by atoms with Gasteiger partial charge in [-0.05, 0) is 32.0 Å². The molecule has 0 aromatic carbocycles. The van der Waals surface area contributed by atoms with Gasteiger partial charge in [0.25, 0.3) is 0 Å². The fourth-order valence-corrected chi connectivity index (χ4v) is 2.01. The number of hydrogen-bond donors (Lipinski definition) is 1. The van der Waals surface area contributed by atoms with Crippen LogP contribution >= 0.6 is 0 Å². The second-order valence-electron chi connectivity index (χ2n) is 4.73. The van der Waals surface area contributed by atoms with E-state index in [1.807, 2.05) is 12.1 Å². The second kappa shape index (κ2) is 4.86. The quantitative estimate of drug-likeness (QED) is 0.863. The molecule has 94 valence electrons. The van der Waals surface area contributed by atoms with E-state index in [0.29, 0.717) is 5.65 Å². The van der Waals surface area contributed by atoms with Gasteiger partial charge in [-0.25, -0.2) is 9.97 Å². The highest BCUT2D eigenvalue weighted by molar-refractivity contribution is 5.71. The van der Waals surface area contributed by atoms with Gasteiger partial charge in [-0.1, -0.05) is 0 Å². The van der Waals surface area contributed by atoms with Gasteiger partial charge in [0, 0.05) is 31.5 Å². The van der Waals surface area contributed by atoms with Crippen LogP contribution in [0.4, 0.5) is 5.82 Å². The van der Waals surface area contributed by atoms with Crippen LogP contribution in [0.2, 0.25) is 0 Å². The van der Waals surface area contributed by atoms with Crippen LogP contribution in [0, 0.1) is 0 Å². The molecule has 0 spiro atoms. The van der Waals surface area contributed by atoms with Gasteiger partial charge in [0.15, 0.2) is 5.65 Å². The molecule has 0 bridgehead atoms. The van der Waals surface area contributed by atoms with E-state index >= 15 is 0 Å². The number of nitrogens with one attached hydrogen (secondary N) is 1. The Balaban J connectivity index is 1.60. The molecule has 0 aliphatic heterocycles. The van der Waals surface area contributed by atoms with E-state index in [9.17, 15) is 0 Å². The first-order chi connectivity index (χ1) is 8.83. The summed E-state index contributed by atoms with van der Waals surface area (Å²) in [5, 5.41) is 3.33. The van der Waals surface area contributed by atoms with E-state index in [4.69, 9.17) is 0 Å². The van der Waals surface area contributed by atoms with E-state index in [1.54, 1.807) is 12.4 Å². The average Bonchev–Trinajstić information content (AvgIpc) is 3.23. The minimum Gasteiger partial charge on any atom is -0.369 e. The average molecular weight is 243 g/mol. The summed E-state index contributed by atoms with van der Waals surface area (Å²) in [7, 11) is 2.18. The molecule has 0 saturated heterocycles. The van der Waals surface area contributed by atoms with Crippen LogP contribution in [-0.4, -0.2) is 46.0 Å². The lowest BCUT2D eigenvalue weighted by atomic mass is 10.4. The van der Waals surface area contributed by atoms with Crippen molar-refractivity contribution in [3.8, 4) is 0 Å². The minimum atomic E-state index is 0.693. The first-order valence-corrected chi connectivity index (χ1v) is 6.35. The van der Waals surface area contributed by atoms with Gasteiger partial charge in [-0.15, -0.1) is 0 Å². The second-order valence-corrected chi connectivity index (χ2v) is 4.73. The molecule has 1 N–H and O–H groups in total. The predicted molar refractivity (Wildman–Crippen MR) is 71.5 cm³/mol. The Morgan fingerprint density at radius 3 is 2.94 bits per heavy atom. The number of aromatic nitrogens is 3. The molecule has 0 amide bonds. The van der Waals surface area contributed by atoms with Crippen molar-refractivity contribution in [1.82, 2.24) is 19.9 Å². The van der Waals surface area contributed by atoms with Crippen LogP contribution in [0.15, 0.2) is 24.5 Å². The Morgan fingerprint density at radius 1 is 1.28 bits per heavy atom. The summed E-state index contributed by atoms with van der Waals surface area (Å²) in [6.07, 6.45) is 6.04. The number of rotatable bonds is 5. The smallest absolute Gasteiger partial charge is 0.180 e. The summed E-state index contributed by atoms with van der Waals surface area (Å²) >= 11 is 0. The Morgan fingerprint density at radius 2 is 2.11 bits per heavy atom. The highest BCUT2D eigenvalue weighted by Crippen LogP contribution is 2.24. The number of anilines is 1. The van der Waals surface area contributed by atoms with Crippen molar-refractivity contribution in [3.05, 3.63) is 24.5 Å². The molecular formula is C13H17N5. The van der Waals surface area contributed by atoms with E-state index in [1.165, 1.54) is 12.8 Å². The van der Waals surface area contributed by atoms with Crippen LogP contribution in [-0.2, 0) is 0 Å². The monoisotopic (exact) mass is 243 g/mol. The molecule has 0 radical (unpaired) electrons. The Hall–Kier alpha value is -1.75. The molecule has 5 nitrogen and oxygen atoms in total. The van der Waals surface area contributed by atoms with Gasteiger partial charge in [0.2, 0.25) is 0 Å². The lowest BCUT2D eigenvalue weighted by Crippen LogP contribution is -2.27. The van der Waals surface area contributed by atoms with Crippen molar-refractivity contribution in [2.24, 2.45) is 0 Å². The summed E-state index contributed by atoms with van der Waals surface area (Å²) in [6.45, 7) is 1.95. The van der Waals surface area contributed by atoms with Gasteiger partial charge >= 0.3 is 0 Å². The Bertz CT molecular complexity index is 538. The fraction of sp³-hybridized carbons (Fsp3) is 0.462. The zero-order valence-corrected chi connectivity index (χ0v) is 10.5. The predicted octanol–water partition coefficient (Wildman–Crippen LogP) is 1.53. The molecule has 1 aliphatic carbocycles. The van der Waals surface area contributed by atoms with Gasteiger partial charge in [-0.2, -0.15) is 0 Å². The number of likely N-dealkylation sites (N-methyl/N-ethyl adjacent to an activating group) is 1.